The SMILES string of the molecule is CCc1c(Cl)c(O)c(Cl)c(O)c1C(=O)OC1C(C)OC(OCC2=CC=CCC(O)C(C)=CC(CC)C(O)C(C)=CC(C)=CCC(C(C)O)OC2=O)C(OC)C1O. The first-order chi connectivity index (χ1) is 26.4. The number of aromatic hydroxyl groups is 2. The number of hydrogen-bond acceptors (Lipinski definition) is 13. The van der Waals surface area contributed by atoms with Gasteiger partial charge in [0.25, 0.3) is 0 Å². The Kier molecular flexibility index (Phi) is 18.1. The molecule has 0 amide bonds. The Morgan fingerprint density at radius 2 is 1.70 bits per heavy atom. The number of carbonyl (C=O) groups excluding carboxylic acids is 2. The van der Waals surface area contributed by atoms with E-state index in [9.17, 15) is 40.2 Å². The highest BCUT2D eigenvalue weighted by Crippen LogP contribution is 2.45. The van der Waals surface area contributed by atoms with Crippen LogP contribution >= 0.6 is 23.2 Å². The van der Waals surface area contributed by atoms with Gasteiger partial charge in [-0.2, -0.15) is 0 Å². The molecular formula is C41H56Cl2O13. The standard InChI is InChI=1S/C41H56Cl2O13/c1-9-25-18-21(4)28(45)14-12-11-13-26(39(50)55-29(23(6)44)16-15-20(3)17-22(5)33(25)46)19-53-41-38(52-8)36(49)37(24(7)54-41)56-40(51)30-27(10-2)31(42)35(48)32(43)34(30)47/h11-13,15,17-18,23-25,28-29,33,36-38,41,44-49H,9-10,14,16,19H2,1-8H3. The molecule has 0 aromatic heterocycles. The summed E-state index contributed by atoms with van der Waals surface area (Å²) in [5, 5.41) is 63.8. The fourth-order valence-electron chi connectivity index (χ4n) is 6.50. The predicted molar refractivity (Wildman–Crippen MR) is 211 cm³/mol. The molecule has 0 saturated carbocycles. The minimum Gasteiger partial charge on any atom is -0.505 e. The Morgan fingerprint density at radius 1 is 1.02 bits per heavy atom. The largest absolute Gasteiger partial charge is 0.505 e. The summed E-state index contributed by atoms with van der Waals surface area (Å²) in [5.41, 5.74) is 1.90. The smallest absolute Gasteiger partial charge is 0.342 e. The molecule has 1 fully saturated rings. The monoisotopic (exact) mass is 826 g/mol. The zero-order valence-electron chi connectivity index (χ0n) is 33.1. The van der Waals surface area contributed by atoms with E-state index >= 15 is 0 Å². The molecule has 3 rings (SSSR count). The quantitative estimate of drug-likeness (QED) is 0.129. The molecule has 0 aliphatic carbocycles. The van der Waals surface area contributed by atoms with Crippen molar-refractivity contribution in [1.82, 2.24) is 0 Å². The second-order valence-electron chi connectivity index (χ2n) is 14.2. The van der Waals surface area contributed by atoms with Crippen LogP contribution in [0, 0.1) is 5.92 Å². The maximum absolute atomic E-state index is 13.6. The van der Waals surface area contributed by atoms with Gasteiger partial charge in [-0.25, -0.2) is 9.59 Å². The first kappa shape index (κ1) is 47.1. The van der Waals surface area contributed by atoms with Crippen molar-refractivity contribution >= 4 is 35.1 Å². The number of rotatable bonds is 9. The van der Waals surface area contributed by atoms with Crippen LogP contribution < -0.4 is 0 Å². The number of phenols is 2. The summed E-state index contributed by atoms with van der Waals surface area (Å²) in [6.45, 7) is 11.7. The van der Waals surface area contributed by atoms with Crippen LogP contribution in [0.3, 0.4) is 0 Å². The maximum Gasteiger partial charge on any atom is 0.342 e. The molecule has 10 atom stereocenters. The Balaban J connectivity index is 1.89. The van der Waals surface area contributed by atoms with Crippen molar-refractivity contribution in [3.05, 3.63) is 79.9 Å². The van der Waals surface area contributed by atoms with Crippen molar-refractivity contribution in [3.8, 4) is 11.5 Å². The van der Waals surface area contributed by atoms with Gasteiger partial charge in [0.05, 0.1) is 41.6 Å². The fourth-order valence-corrected chi connectivity index (χ4v) is 7.06. The molecule has 1 aromatic carbocycles. The third-order valence-corrected chi connectivity index (χ3v) is 10.7. The normalized spacial score (nSPS) is 29.2. The second kappa shape index (κ2) is 21.5. The van der Waals surface area contributed by atoms with Crippen LogP contribution in [-0.2, 0) is 34.9 Å². The Bertz CT molecular complexity index is 1700. The van der Waals surface area contributed by atoms with Crippen LogP contribution in [0.2, 0.25) is 10.0 Å². The van der Waals surface area contributed by atoms with E-state index in [1.807, 2.05) is 32.9 Å². The maximum atomic E-state index is 13.6. The Morgan fingerprint density at radius 3 is 2.30 bits per heavy atom. The number of allylic oxidation sites excluding steroid dienone is 4. The molecule has 2 aliphatic heterocycles. The van der Waals surface area contributed by atoms with Gasteiger partial charge in [-0.1, -0.05) is 73.0 Å². The molecule has 1 saturated heterocycles. The van der Waals surface area contributed by atoms with Gasteiger partial charge >= 0.3 is 11.9 Å². The topological polar surface area (TPSA) is 202 Å². The van der Waals surface area contributed by atoms with Gasteiger partial charge in [0.1, 0.15) is 28.9 Å². The second-order valence-corrected chi connectivity index (χ2v) is 14.9. The summed E-state index contributed by atoms with van der Waals surface area (Å²) in [5.74, 6) is -3.46. The number of methoxy groups -OCH3 is 1. The van der Waals surface area contributed by atoms with Crippen molar-refractivity contribution in [3.63, 3.8) is 0 Å². The van der Waals surface area contributed by atoms with Gasteiger partial charge in [0.15, 0.2) is 23.9 Å². The molecule has 312 valence electrons. The highest BCUT2D eigenvalue weighted by atomic mass is 35.5. The highest BCUT2D eigenvalue weighted by molar-refractivity contribution is 6.39. The number of carbonyl (C=O) groups is 2. The lowest BCUT2D eigenvalue weighted by Gasteiger charge is -2.42. The van der Waals surface area contributed by atoms with Crippen molar-refractivity contribution < 1.29 is 63.9 Å². The molecule has 13 nitrogen and oxygen atoms in total. The van der Waals surface area contributed by atoms with Gasteiger partial charge in [-0.15, -0.1) is 0 Å². The number of halogens is 2. The summed E-state index contributed by atoms with van der Waals surface area (Å²) >= 11 is 12.2. The summed E-state index contributed by atoms with van der Waals surface area (Å²) in [7, 11) is 1.28. The minimum atomic E-state index is -1.53. The van der Waals surface area contributed by atoms with Gasteiger partial charge < -0.3 is 54.3 Å². The Hall–Kier alpha value is -3.24. The van der Waals surface area contributed by atoms with Crippen LogP contribution in [0.5, 0.6) is 11.5 Å². The van der Waals surface area contributed by atoms with Crippen LogP contribution in [0.25, 0.3) is 0 Å². The zero-order valence-corrected chi connectivity index (χ0v) is 34.6. The van der Waals surface area contributed by atoms with Crippen LogP contribution in [0.4, 0.5) is 0 Å². The van der Waals surface area contributed by atoms with Crippen molar-refractivity contribution in [2.75, 3.05) is 13.7 Å². The van der Waals surface area contributed by atoms with E-state index in [2.05, 4.69) is 0 Å². The van der Waals surface area contributed by atoms with Crippen LogP contribution in [-0.4, -0.2) is 111 Å². The molecule has 56 heavy (non-hydrogen) atoms. The van der Waals surface area contributed by atoms with Crippen molar-refractivity contribution in [2.24, 2.45) is 5.92 Å². The fraction of sp³-hybridized carbons (Fsp3) is 0.561. The van der Waals surface area contributed by atoms with Gasteiger partial charge in [0.2, 0.25) is 0 Å². The van der Waals surface area contributed by atoms with Crippen molar-refractivity contribution in [2.45, 2.75) is 129 Å². The molecule has 6 N–H and O–H groups in total. The summed E-state index contributed by atoms with van der Waals surface area (Å²) in [6, 6.07) is 0. The van der Waals surface area contributed by atoms with Crippen LogP contribution in [0.15, 0.2) is 58.7 Å². The lowest BCUT2D eigenvalue weighted by molar-refractivity contribution is -0.295. The van der Waals surface area contributed by atoms with E-state index in [-0.39, 0.29) is 46.9 Å². The van der Waals surface area contributed by atoms with E-state index < -0.39 is 90.2 Å². The lowest BCUT2D eigenvalue weighted by Crippen LogP contribution is -2.59. The lowest BCUT2D eigenvalue weighted by atomic mass is 9.90. The first-order valence-corrected chi connectivity index (χ1v) is 19.4. The molecule has 10 unspecified atom stereocenters. The molecule has 2 heterocycles. The summed E-state index contributed by atoms with van der Waals surface area (Å²) in [6.07, 6.45) is 1.28. The molecule has 0 spiro atoms. The highest BCUT2D eigenvalue weighted by Gasteiger charge is 2.47. The molecular weight excluding hydrogens is 771 g/mol. The molecule has 15 heteroatoms. The average molecular weight is 828 g/mol. The minimum absolute atomic E-state index is 0.0122. The molecule has 1 aromatic rings. The molecule has 0 bridgehead atoms. The van der Waals surface area contributed by atoms with E-state index in [0.29, 0.717) is 12.0 Å². The van der Waals surface area contributed by atoms with Gasteiger partial charge in [-0.3, -0.25) is 0 Å². The van der Waals surface area contributed by atoms with Gasteiger partial charge in [-0.05, 0) is 76.7 Å². The number of benzene rings is 1. The van der Waals surface area contributed by atoms with Crippen molar-refractivity contribution in [1.29, 1.82) is 0 Å². The van der Waals surface area contributed by atoms with E-state index in [0.717, 1.165) is 11.1 Å². The van der Waals surface area contributed by atoms with E-state index in [1.165, 1.54) is 27.0 Å². The summed E-state index contributed by atoms with van der Waals surface area (Å²) in [4.78, 5) is 27.0. The predicted octanol–water partition coefficient (Wildman–Crippen LogP) is 5.79. The number of ether oxygens (including phenoxy) is 5. The number of aliphatic hydroxyl groups is 4. The molecule has 0 radical (unpaired) electrons. The van der Waals surface area contributed by atoms with E-state index in [1.54, 1.807) is 32.1 Å². The van der Waals surface area contributed by atoms with E-state index in [4.69, 9.17) is 46.9 Å². The average Bonchev–Trinajstić information content (AvgIpc) is 3.15. The third kappa shape index (κ3) is 11.7. The number of cyclic esters (lactones) is 1. The first-order valence-electron chi connectivity index (χ1n) is 18.6. The number of esters is 2. The van der Waals surface area contributed by atoms with Crippen LogP contribution in [0.1, 0.15) is 83.7 Å². The number of hydrogen-bond donors (Lipinski definition) is 6. The Labute approximate surface area is 338 Å². The van der Waals surface area contributed by atoms with Gasteiger partial charge in [0, 0.05) is 19.4 Å². The number of phenolic OH excluding ortho intramolecular Hbond substituents is 2. The number of aliphatic hydroxyl groups excluding tert-OH is 4. The summed E-state index contributed by atoms with van der Waals surface area (Å²) < 4.78 is 28.8. The zero-order chi connectivity index (χ0) is 42.0. The molecule has 2 aliphatic rings. The third-order valence-electron chi connectivity index (χ3n) is 9.98.